The molecule has 140 valence electrons. The van der Waals surface area contributed by atoms with Crippen LogP contribution in [0.5, 0.6) is 0 Å². The zero-order chi connectivity index (χ0) is 16.8. The van der Waals surface area contributed by atoms with E-state index in [1.165, 1.54) is 51.4 Å². The topological polar surface area (TPSA) is 67.1 Å². The predicted molar refractivity (Wildman–Crippen MR) is 112 cm³/mol. The number of hydrogen-bond donors (Lipinski definition) is 2. The van der Waals surface area contributed by atoms with Gasteiger partial charge in [-0.2, -0.15) is 0 Å². The minimum absolute atomic E-state index is 0. The molecule has 0 amide bonds. The van der Waals surface area contributed by atoms with Crippen molar-refractivity contribution < 1.29 is 0 Å². The molecule has 0 atom stereocenters. The number of halogens is 1. The van der Waals surface area contributed by atoms with E-state index >= 15 is 0 Å². The zero-order valence-corrected chi connectivity index (χ0v) is 17.9. The van der Waals surface area contributed by atoms with Crippen LogP contribution < -0.4 is 10.6 Å². The summed E-state index contributed by atoms with van der Waals surface area (Å²) in [6.45, 7) is 6.84. The van der Waals surface area contributed by atoms with Crippen molar-refractivity contribution in [3.05, 3.63) is 12.2 Å². The number of aliphatic imine (C=N–C) groups is 1. The third-order valence-electron chi connectivity index (χ3n) is 4.00. The normalized spacial score (nSPS) is 11.2. The molecule has 0 aliphatic heterocycles. The van der Waals surface area contributed by atoms with Gasteiger partial charge in [-0.15, -0.1) is 34.2 Å². The molecule has 2 N–H and O–H groups in total. The van der Waals surface area contributed by atoms with E-state index in [4.69, 9.17) is 0 Å². The van der Waals surface area contributed by atoms with Crippen LogP contribution in [0.25, 0.3) is 0 Å². The Morgan fingerprint density at radius 2 is 1.71 bits per heavy atom. The second-order valence-electron chi connectivity index (χ2n) is 5.86. The lowest BCUT2D eigenvalue weighted by Crippen LogP contribution is -2.37. The van der Waals surface area contributed by atoms with E-state index in [1.54, 1.807) is 13.4 Å². The summed E-state index contributed by atoms with van der Waals surface area (Å²) in [6, 6.07) is 0. The van der Waals surface area contributed by atoms with E-state index in [0.717, 1.165) is 24.9 Å². The summed E-state index contributed by atoms with van der Waals surface area (Å²) in [5, 5.41) is 14.7. The first-order chi connectivity index (χ1) is 11.3. The van der Waals surface area contributed by atoms with E-state index in [9.17, 15) is 0 Å². The van der Waals surface area contributed by atoms with Gasteiger partial charge in [0.15, 0.2) is 11.8 Å². The molecule has 0 unspecified atom stereocenters. The number of hydrogen-bond acceptors (Lipinski definition) is 3. The molecule has 0 aliphatic rings. The van der Waals surface area contributed by atoms with Crippen LogP contribution in [0.15, 0.2) is 11.3 Å². The molecule has 1 heterocycles. The standard InChI is InChI=1S/C17H34N6.HI/c1-4-6-7-8-9-10-11-12-13-19-17(18-3)20-14-16-22-21-15-23(16)5-2;/h15H,4-14H2,1-3H3,(H2,18,19,20);1H. The van der Waals surface area contributed by atoms with Gasteiger partial charge in [0.05, 0.1) is 6.54 Å². The second-order valence-corrected chi connectivity index (χ2v) is 5.86. The van der Waals surface area contributed by atoms with Crippen molar-refractivity contribution in [2.45, 2.75) is 78.3 Å². The molecule has 0 aliphatic carbocycles. The van der Waals surface area contributed by atoms with Crippen LogP contribution in [-0.4, -0.2) is 34.3 Å². The van der Waals surface area contributed by atoms with Gasteiger partial charge in [-0.25, -0.2) is 0 Å². The Morgan fingerprint density at radius 3 is 2.33 bits per heavy atom. The van der Waals surface area contributed by atoms with Gasteiger partial charge in [-0.1, -0.05) is 51.9 Å². The van der Waals surface area contributed by atoms with E-state index in [1.807, 2.05) is 4.57 Å². The highest BCUT2D eigenvalue weighted by molar-refractivity contribution is 14.0. The van der Waals surface area contributed by atoms with Crippen LogP contribution in [0.3, 0.4) is 0 Å². The monoisotopic (exact) mass is 450 g/mol. The first-order valence-electron chi connectivity index (χ1n) is 9.13. The lowest BCUT2D eigenvalue weighted by atomic mass is 10.1. The fourth-order valence-electron chi connectivity index (χ4n) is 2.53. The number of guanidine groups is 1. The number of nitrogens with zero attached hydrogens (tertiary/aromatic N) is 4. The molecular weight excluding hydrogens is 415 g/mol. The van der Waals surface area contributed by atoms with Gasteiger partial charge in [0.1, 0.15) is 6.33 Å². The third kappa shape index (κ3) is 10.1. The number of aromatic nitrogens is 3. The Balaban J connectivity index is 0.00000529. The summed E-state index contributed by atoms with van der Waals surface area (Å²) < 4.78 is 2.03. The summed E-state index contributed by atoms with van der Waals surface area (Å²) in [7, 11) is 1.80. The maximum Gasteiger partial charge on any atom is 0.191 e. The highest BCUT2D eigenvalue weighted by atomic mass is 127. The van der Waals surface area contributed by atoms with Crippen molar-refractivity contribution in [2.24, 2.45) is 4.99 Å². The molecule has 0 radical (unpaired) electrons. The molecule has 0 aromatic carbocycles. The molecule has 0 bridgehead atoms. The van der Waals surface area contributed by atoms with Crippen LogP contribution in [0.2, 0.25) is 0 Å². The van der Waals surface area contributed by atoms with Crippen LogP contribution in [0.1, 0.15) is 71.0 Å². The summed E-state index contributed by atoms with van der Waals surface area (Å²) >= 11 is 0. The lowest BCUT2D eigenvalue weighted by Gasteiger charge is -2.11. The van der Waals surface area contributed by atoms with Crippen LogP contribution in [-0.2, 0) is 13.1 Å². The number of rotatable bonds is 12. The summed E-state index contributed by atoms with van der Waals surface area (Å²) in [5.41, 5.74) is 0. The fraction of sp³-hybridized carbons (Fsp3) is 0.824. The molecular formula is C17H35IN6. The van der Waals surface area contributed by atoms with Crippen molar-refractivity contribution in [3.63, 3.8) is 0 Å². The van der Waals surface area contributed by atoms with E-state index < -0.39 is 0 Å². The van der Waals surface area contributed by atoms with Gasteiger partial charge >= 0.3 is 0 Å². The Hall–Kier alpha value is -0.860. The minimum atomic E-state index is 0. The Kier molecular flexibility index (Phi) is 15.1. The fourth-order valence-corrected chi connectivity index (χ4v) is 2.53. The average Bonchev–Trinajstić information content (AvgIpc) is 3.03. The van der Waals surface area contributed by atoms with Gasteiger partial charge in [-0.3, -0.25) is 4.99 Å². The van der Waals surface area contributed by atoms with Crippen LogP contribution in [0, 0.1) is 0 Å². The minimum Gasteiger partial charge on any atom is -0.356 e. The number of aryl methyl sites for hydroxylation is 1. The van der Waals surface area contributed by atoms with E-state index in [0.29, 0.717) is 6.54 Å². The number of unbranched alkanes of at least 4 members (excludes halogenated alkanes) is 7. The molecule has 0 saturated carbocycles. The maximum absolute atomic E-state index is 4.25. The Morgan fingerprint density at radius 1 is 1.04 bits per heavy atom. The Bertz CT molecular complexity index is 432. The zero-order valence-electron chi connectivity index (χ0n) is 15.6. The lowest BCUT2D eigenvalue weighted by molar-refractivity contribution is 0.571. The highest BCUT2D eigenvalue weighted by Gasteiger charge is 2.03. The van der Waals surface area contributed by atoms with Crippen molar-refractivity contribution >= 4 is 29.9 Å². The van der Waals surface area contributed by atoms with E-state index in [2.05, 4.69) is 39.7 Å². The van der Waals surface area contributed by atoms with E-state index in [-0.39, 0.29) is 24.0 Å². The molecule has 24 heavy (non-hydrogen) atoms. The van der Waals surface area contributed by atoms with Gasteiger partial charge in [0.25, 0.3) is 0 Å². The van der Waals surface area contributed by atoms with Crippen LogP contribution >= 0.6 is 24.0 Å². The first kappa shape index (κ1) is 23.1. The highest BCUT2D eigenvalue weighted by Crippen LogP contribution is 2.07. The molecule has 7 heteroatoms. The molecule has 0 spiro atoms. The van der Waals surface area contributed by atoms with Crippen molar-refractivity contribution in [1.29, 1.82) is 0 Å². The van der Waals surface area contributed by atoms with Gasteiger partial charge in [0, 0.05) is 20.1 Å². The van der Waals surface area contributed by atoms with Crippen molar-refractivity contribution in [1.82, 2.24) is 25.4 Å². The molecule has 1 aromatic rings. The number of nitrogens with one attached hydrogen (secondary N) is 2. The summed E-state index contributed by atoms with van der Waals surface area (Å²) in [5.74, 6) is 1.76. The molecule has 1 rings (SSSR count). The largest absolute Gasteiger partial charge is 0.356 e. The summed E-state index contributed by atoms with van der Waals surface area (Å²) in [6.07, 6.45) is 12.5. The molecule has 6 nitrogen and oxygen atoms in total. The predicted octanol–water partition coefficient (Wildman–Crippen LogP) is 3.72. The SMILES string of the molecule is CCCCCCCCCCNC(=NC)NCc1nncn1CC.I. The molecule has 0 saturated heterocycles. The third-order valence-corrected chi connectivity index (χ3v) is 4.00. The van der Waals surface area contributed by atoms with Crippen molar-refractivity contribution in [3.8, 4) is 0 Å². The molecule has 0 fully saturated rings. The van der Waals surface area contributed by atoms with Crippen LogP contribution in [0.4, 0.5) is 0 Å². The smallest absolute Gasteiger partial charge is 0.191 e. The molecule has 1 aromatic heterocycles. The maximum atomic E-state index is 4.25. The average molecular weight is 450 g/mol. The van der Waals surface area contributed by atoms with Gasteiger partial charge in [0.2, 0.25) is 0 Å². The van der Waals surface area contributed by atoms with Gasteiger partial charge < -0.3 is 15.2 Å². The van der Waals surface area contributed by atoms with Gasteiger partial charge in [-0.05, 0) is 13.3 Å². The van der Waals surface area contributed by atoms with Crippen molar-refractivity contribution in [2.75, 3.05) is 13.6 Å². The quantitative estimate of drug-likeness (QED) is 0.221. The first-order valence-corrected chi connectivity index (χ1v) is 9.13. The second kappa shape index (κ2) is 15.7. The Labute approximate surface area is 164 Å². The summed E-state index contributed by atoms with van der Waals surface area (Å²) in [4.78, 5) is 4.25.